The normalized spacial score (nSPS) is 19.4. The first-order chi connectivity index (χ1) is 19.9. The van der Waals surface area contributed by atoms with Gasteiger partial charge in [0.2, 0.25) is 0 Å². The van der Waals surface area contributed by atoms with Gasteiger partial charge in [0.15, 0.2) is 5.13 Å². The highest BCUT2D eigenvalue weighted by atomic mass is 32.1. The summed E-state index contributed by atoms with van der Waals surface area (Å²) in [5.74, 6) is 0.374. The summed E-state index contributed by atoms with van der Waals surface area (Å²) in [4.78, 5) is 33.3. The number of unbranched alkanes of at least 4 members (excludes halogenated alkanes) is 1. The van der Waals surface area contributed by atoms with E-state index in [1.165, 1.54) is 16.2 Å². The smallest absolute Gasteiger partial charge is 0.301 e. The first-order valence-electron chi connectivity index (χ1n) is 13.7. The number of methoxy groups -OCH3 is 1. The molecule has 3 heterocycles. The molecule has 2 aliphatic rings. The molecule has 1 aromatic heterocycles. The van der Waals surface area contributed by atoms with Crippen LogP contribution in [0.2, 0.25) is 0 Å². The monoisotopic (exact) mass is 570 g/mol. The van der Waals surface area contributed by atoms with Crippen LogP contribution in [0.4, 0.5) is 5.13 Å². The van der Waals surface area contributed by atoms with Crippen LogP contribution in [0.5, 0.6) is 17.2 Å². The van der Waals surface area contributed by atoms with Gasteiger partial charge in [-0.3, -0.25) is 14.5 Å². The number of Topliss-reactive ketones (excluding diaryl/α,β-unsaturated/α-hetero) is 1. The number of benzene rings is 3. The molecule has 210 valence electrons. The number of rotatable bonds is 8. The van der Waals surface area contributed by atoms with E-state index in [4.69, 9.17) is 19.2 Å². The van der Waals surface area contributed by atoms with E-state index in [2.05, 4.69) is 6.92 Å². The highest BCUT2D eigenvalue weighted by Crippen LogP contribution is 2.45. The van der Waals surface area contributed by atoms with Crippen molar-refractivity contribution >= 4 is 44.1 Å². The van der Waals surface area contributed by atoms with Crippen LogP contribution in [0.15, 0.2) is 66.2 Å². The summed E-state index contributed by atoms with van der Waals surface area (Å²) < 4.78 is 17.8. The van der Waals surface area contributed by atoms with Gasteiger partial charge in [-0.1, -0.05) is 36.8 Å². The lowest BCUT2D eigenvalue weighted by Crippen LogP contribution is -2.29. The Labute approximate surface area is 241 Å². The molecule has 0 bridgehead atoms. The molecule has 2 aliphatic heterocycles. The van der Waals surface area contributed by atoms with Gasteiger partial charge in [0, 0.05) is 12.0 Å². The van der Waals surface area contributed by atoms with Crippen LogP contribution in [0.3, 0.4) is 0 Å². The van der Waals surface area contributed by atoms with Crippen molar-refractivity contribution < 1.29 is 28.9 Å². The molecule has 1 fully saturated rings. The maximum atomic E-state index is 13.6. The molecule has 1 saturated heterocycles. The van der Waals surface area contributed by atoms with Crippen LogP contribution in [-0.4, -0.2) is 41.6 Å². The Morgan fingerprint density at radius 1 is 1.10 bits per heavy atom. The van der Waals surface area contributed by atoms with Gasteiger partial charge in [-0.25, -0.2) is 4.98 Å². The Hall–Kier alpha value is -4.37. The van der Waals surface area contributed by atoms with Gasteiger partial charge in [0.1, 0.15) is 29.1 Å². The molecular weight excluding hydrogens is 540 g/mol. The molecule has 2 unspecified atom stereocenters. The second kappa shape index (κ2) is 10.9. The Balaban J connectivity index is 1.47. The number of ketones is 1. The number of aliphatic hydroxyl groups excluding tert-OH is 1. The minimum Gasteiger partial charge on any atom is -0.507 e. The van der Waals surface area contributed by atoms with Crippen molar-refractivity contribution in [1.82, 2.24) is 4.98 Å². The molecule has 1 amide bonds. The lowest BCUT2D eigenvalue weighted by Gasteiger charge is -2.23. The second-order valence-electron chi connectivity index (χ2n) is 10.2. The number of carbonyl (C=O) groups excluding carboxylic acids is 2. The largest absolute Gasteiger partial charge is 0.507 e. The zero-order chi connectivity index (χ0) is 28.7. The minimum atomic E-state index is -0.884. The van der Waals surface area contributed by atoms with Crippen LogP contribution in [0, 0.1) is 0 Å². The maximum Gasteiger partial charge on any atom is 0.301 e. The van der Waals surface area contributed by atoms with E-state index in [-0.39, 0.29) is 17.4 Å². The van der Waals surface area contributed by atoms with Crippen LogP contribution < -0.4 is 19.1 Å². The number of fused-ring (bicyclic) bond motifs is 2. The lowest BCUT2D eigenvalue weighted by atomic mass is 9.94. The van der Waals surface area contributed by atoms with Gasteiger partial charge >= 0.3 is 5.91 Å². The number of hydrogen-bond donors (Lipinski definition) is 1. The number of nitrogens with zero attached hydrogens (tertiary/aromatic N) is 2. The molecule has 0 aliphatic carbocycles. The number of thiazole rings is 1. The third kappa shape index (κ3) is 4.91. The SMILES string of the molecule is CCCCOc1ccc(C2C(=C(O)c3ccc4c(c3)CC(C)O4)C(=O)C(=O)N2c2nc3ccc(OC)cc3s2)cc1. The van der Waals surface area contributed by atoms with E-state index in [9.17, 15) is 14.7 Å². The number of aromatic nitrogens is 1. The molecule has 3 aromatic carbocycles. The van der Waals surface area contributed by atoms with Crippen molar-refractivity contribution in [3.05, 3.63) is 82.9 Å². The minimum absolute atomic E-state index is 0.0124. The summed E-state index contributed by atoms with van der Waals surface area (Å²) in [6, 6.07) is 17.2. The van der Waals surface area contributed by atoms with Crippen molar-refractivity contribution in [3.8, 4) is 17.2 Å². The zero-order valence-corrected chi connectivity index (χ0v) is 23.9. The molecule has 0 spiro atoms. The van der Waals surface area contributed by atoms with Gasteiger partial charge in [-0.05, 0) is 73.0 Å². The summed E-state index contributed by atoms with van der Waals surface area (Å²) in [5.41, 5.74) is 2.75. The zero-order valence-electron chi connectivity index (χ0n) is 23.0. The first kappa shape index (κ1) is 26.8. The predicted octanol–water partition coefficient (Wildman–Crippen LogP) is 6.43. The van der Waals surface area contributed by atoms with Gasteiger partial charge in [-0.15, -0.1) is 0 Å². The molecule has 41 heavy (non-hydrogen) atoms. The van der Waals surface area contributed by atoms with Crippen molar-refractivity contribution in [2.45, 2.75) is 45.3 Å². The van der Waals surface area contributed by atoms with Gasteiger partial charge < -0.3 is 19.3 Å². The summed E-state index contributed by atoms with van der Waals surface area (Å²) in [6.45, 7) is 4.68. The van der Waals surface area contributed by atoms with E-state index in [0.29, 0.717) is 46.3 Å². The van der Waals surface area contributed by atoms with Gasteiger partial charge in [-0.2, -0.15) is 0 Å². The van der Waals surface area contributed by atoms with Crippen LogP contribution >= 0.6 is 11.3 Å². The predicted molar refractivity (Wildman–Crippen MR) is 158 cm³/mol. The Morgan fingerprint density at radius 3 is 2.63 bits per heavy atom. The fourth-order valence-electron chi connectivity index (χ4n) is 5.27. The fourth-order valence-corrected chi connectivity index (χ4v) is 6.29. The number of carbonyl (C=O) groups is 2. The van der Waals surface area contributed by atoms with Crippen LogP contribution in [-0.2, 0) is 16.0 Å². The van der Waals surface area contributed by atoms with E-state index in [0.717, 1.165) is 28.9 Å². The Bertz CT molecular complexity index is 1680. The molecule has 6 rings (SSSR count). The maximum absolute atomic E-state index is 13.6. The molecule has 9 heteroatoms. The Kier molecular flexibility index (Phi) is 7.13. The lowest BCUT2D eigenvalue weighted by molar-refractivity contribution is -0.132. The molecule has 0 saturated carbocycles. The average Bonchev–Trinajstić information content (AvgIpc) is 3.64. The van der Waals surface area contributed by atoms with E-state index >= 15 is 0 Å². The third-order valence-electron chi connectivity index (χ3n) is 7.37. The van der Waals surface area contributed by atoms with Crippen LogP contribution in [0.25, 0.3) is 16.0 Å². The van der Waals surface area contributed by atoms with E-state index in [1.54, 1.807) is 25.3 Å². The van der Waals surface area contributed by atoms with E-state index < -0.39 is 17.7 Å². The number of aliphatic hydroxyl groups is 1. The summed E-state index contributed by atoms with van der Waals surface area (Å²) in [6.07, 6.45) is 2.69. The number of anilines is 1. The van der Waals surface area contributed by atoms with Crippen molar-refractivity contribution in [3.63, 3.8) is 0 Å². The quantitative estimate of drug-likeness (QED) is 0.113. The third-order valence-corrected chi connectivity index (χ3v) is 8.38. The first-order valence-corrected chi connectivity index (χ1v) is 14.5. The number of ether oxygens (including phenoxy) is 3. The Morgan fingerprint density at radius 2 is 1.88 bits per heavy atom. The highest BCUT2D eigenvalue weighted by molar-refractivity contribution is 7.22. The van der Waals surface area contributed by atoms with E-state index in [1.807, 2.05) is 49.4 Å². The molecule has 2 atom stereocenters. The molecule has 8 nitrogen and oxygen atoms in total. The van der Waals surface area contributed by atoms with Gasteiger partial charge in [0.05, 0.1) is 35.5 Å². The summed E-state index contributed by atoms with van der Waals surface area (Å²) in [7, 11) is 1.59. The molecule has 1 N–H and O–H groups in total. The fraction of sp³-hybridized carbons (Fsp3) is 0.281. The van der Waals surface area contributed by atoms with Crippen molar-refractivity contribution in [2.24, 2.45) is 0 Å². The molecule has 0 radical (unpaired) electrons. The van der Waals surface area contributed by atoms with Gasteiger partial charge in [0.25, 0.3) is 5.78 Å². The summed E-state index contributed by atoms with van der Waals surface area (Å²) >= 11 is 1.29. The number of amides is 1. The number of hydrogen-bond acceptors (Lipinski definition) is 8. The molecule has 4 aromatic rings. The highest BCUT2D eigenvalue weighted by Gasteiger charge is 2.48. The topological polar surface area (TPSA) is 98.2 Å². The van der Waals surface area contributed by atoms with Crippen LogP contribution in [0.1, 0.15) is 49.4 Å². The van der Waals surface area contributed by atoms with Crippen molar-refractivity contribution in [1.29, 1.82) is 0 Å². The average molecular weight is 571 g/mol. The summed E-state index contributed by atoms with van der Waals surface area (Å²) in [5, 5.41) is 11.9. The van der Waals surface area contributed by atoms with Crippen molar-refractivity contribution in [2.75, 3.05) is 18.6 Å². The second-order valence-corrected chi connectivity index (χ2v) is 11.2. The molecular formula is C32H30N2O6S. The standard InChI is InChI=1S/C32H30N2O6S/c1-4-5-14-39-22-9-6-19(7-10-22)28-27(29(35)20-8-13-25-21(16-20)15-18(2)40-25)30(36)31(37)34(28)32-33-24-12-11-23(38-3)17-26(24)41-32/h6-13,16-18,28,35H,4-5,14-15H2,1-3H3.